The number of hydrogen-bond donors (Lipinski definition) is 1. The second-order valence-electron chi connectivity index (χ2n) is 12.1. The van der Waals surface area contributed by atoms with Crippen molar-refractivity contribution in [2.75, 3.05) is 46.1 Å². The van der Waals surface area contributed by atoms with E-state index in [4.69, 9.17) is 13.9 Å². The van der Waals surface area contributed by atoms with Crippen molar-refractivity contribution in [2.45, 2.75) is 75.6 Å². The van der Waals surface area contributed by atoms with Gasteiger partial charge in [0, 0.05) is 43.7 Å². The van der Waals surface area contributed by atoms with Gasteiger partial charge in [-0.3, -0.25) is 4.79 Å². The minimum atomic E-state index is -1.71. The Kier molecular flexibility index (Phi) is 9.95. The van der Waals surface area contributed by atoms with Gasteiger partial charge in [-0.2, -0.15) is 11.8 Å². The Morgan fingerprint density at radius 2 is 1.89 bits per heavy atom. The highest BCUT2D eigenvalue weighted by molar-refractivity contribution is 7.99. The van der Waals surface area contributed by atoms with Gasteiger partial charge in [0.05, 0.1) is 17.9 Å². The zero-order valence-electron chi connectivity index (χ0n) is 23.6. The highest BCUT2D eigenvalue weighted by Gasteiger charge is 2.37. The first-order chi connectivity index (χ1) is 18.0. The molecule has 0 amide bonds. The molecule has 212 valence electrons. The van der Waals surface area contributed by atoms with Crippen LogP contribution in [0, 0.1) is 11.7 Å². The summed E-state index contributed by atoms with van der Waals surface area (Å²) in [5.41, 5.74) is -0.0885. The normalized spacial score (nSPS) is 18.8. The molecule has 2 saturated heterocycles. The summed E-state index contributed by atoms with van der Waals surface area (Å²) < 4.78 is 32.6. The van der Waals surface area contributed by atoms with Crippen LogP contribution < -0.4 is 10.3 Å². The van der Waals surface area contributed by atoms with Gasteiger partial charge in [0.25, 0.3) is 5.56 Å². The van der Waals surface area contributed by atoms with E-state index in [1.54, 1.807) is 17.8 Å². The minimum absolute atomic E-state index is 0.00890. The number of piperidine rings is 1. The van der Waals surface area contributed by atoms with Crippen LogP contribution in [0.1, 0.15) is 52.3 Å². The Hall–Kier alpha value is -1.46. The van der Waals surface area contributed by atoms with Crippen molar-refractivity contribution >= 4 is 31.0 Å². The van der Waals surface area contributed by atoms with E-state index < -0.39 is 19.7 Å². The lowest BCUT2D eigenvalue weighted by Gasteiger charge is -2.37. The number of nitrogens with zero attached hydrogens (tertiary/aromatic N) is 2. The maximum Gasteiger partial charge on any atom is 0.261 e. The van der Waals surface area contributed by atoms with E-state index in [-0.39, 0.29) is 10.4 Å². The van der Waals surface area contributed by atoms with Crippen molar-refractivity contribution in [1.82, 2.24) is 14.9 Å². The Morgan fingerprint density at radius 3 is 2.58 bits per heavy atom. The Morgan fingerprint density at radius 1 is 1.18 bits per heavy atom. The molecule has 1 aromatic heterocycles. The van der Waals surface area contributed by atoms with Gasteiger partial charge < -0.3 is 23.8 Å². The zero-order chi connectivity index (χ0) is 27.3. The molecule has 7 nitrogen and oxygen atoms in total. The molecule has 1 aromatic carbocycles. The first-order valence-electron chi connectivity index (χ1n) is 13.9. The predicted octanol–water partition coefficient (Wildman–Crippen LogP) is 5.59. The topological polar surface area (TPSA) is 76.7 Å². The maximum absolute atomic E-state index is 14.8. The number of benzene rings is 1. The maximum atomic E-state index is 14.8. The van der Waals surface area contributed by atoms with Crippen molar-refractivity contribution in [2.24, 2.45) is 5.92 Å². The average Bonchev–Trinajstić information content (AvgIpc) is 2.86. The van der Waals surface area contributed by atoms with Crippen LogP contribution in [0.3, 0.4) is 0 Å². The molecule has 1 N–H and O–H groups in total. The van der Waals surface area contributed by atoms with Crippen LogP contribution in [0.2, 0.25) is 18.1 Å². The Bertz CT molecular complexity index is 1130. The number of ether oxygens (including phenoxy) is 2. The van der Waals surface area contributed by atoms with Gasteiger partial charge in [-0.1, -0.05) is 20.8 Å². The molecule has 0 bridgehead atoms. The second kappa shape index (κ2) is 12.8. The molecule has 0 unspecified atom stereocenters. The summed E-state index contributed by atoms with van der Waals surface area (Å²) >= 11 is 1.76. The molecule has 10 heteroatoms. The molecule has 0 atom stereocenters. The van der Waals surface area contributed by atoms with E-state index in [2.05, 4.69) is 48.7 Å². The van der Waals surface area contributed by atoms with Crippen LogP contribution in [0.25, 0.3) is 10.9 Å². The van der Waals surface area contributed by atoms with Gasteiger partial charge in [0.1, 0.15) is 22.8 Å². The standard InChI is InChI=1S/C28H44FN3O4SSi/c1-28(2,3)38(4,5)36-15-12-32-10-6-20(7-11-32)18-35-21-16-23(29)26-24(17-21)30-25(31-27(26)33)19-37-22-8-13-34-14-9-22/h16-17,20,22H,6-15,18-19H2,1-5H3,(H,30,31,33). The number of aromatic nitrogens is 2. The quantitative estimate of drug-likeness (QED) is 0.377. The number of likely N-dealkylation sites (tertiary alicyclic amines) is 1. The molecule has 0 radical (unpaired) electrons. The van der Waals surface area contributed by atoms with Crippen LogP contribution in [-0.4, -0.2) is 74.5 Å². The van der Waals surface area contributed by atoms with E-state index >= 15 is 0 Å². The number of aromatic amines is 1. The lowest BCUT2D eigenvalue weighted by molar-refractivity contribution is 0.1000. The van der Waals surface area contributed by atoms with Crippen LogP contribution in [-0.2, 0) is 14.9 Å². The van der Waals surface area contributed by atoms with Gasteiger partial charge in [-0.25, -0.2) is 9.37 Å². The van der Waals surface area contributed by atoms with Gasteiger partial charge >= 0.3 is 0 Å². The highest BCUT2D eigenvalue weighted by Crippen LogP contribution is 2.36. The first-order valence-corrected chi connectivity index (χ1v) is 17.9. The third-order valence-electron chi connectivity index (χ3n) is 8.28. The molecule has 2 aliphatic rings. The van der Waals surface area contributed by atoms with Crippen molar-refractivity contribution in [1.29, 1.82) is 0 Å². The van der Waals surface area contributed by atoms with Gasteiger partial charge in [0.15, 0.2) is 8.32 Å². The number of halogens is 1. The number of nitrogens with one attached hydrogen (secondary N) is 1. The zero-order valence-corrected chi connectivity index (χ0v) is 25.4. The number of hydrogen-bond acceptors (Lipinski definition) is 7. The molecule has 0 spiro atoms. The SMILES string of the molecule is CC(C)(C)[Si](C)(C)OCCN1CCC(COc2cc(F)c3c(=O)[nH]c(CSC4CCOCC4)nc3c2)CC1. The van der Waals surface area contributed by atoms with E-state index in [1.807, 2.05) is 0 Å². The minimum Gasteiger partial charge on any atom is -0.493 e. The molecule has 2 aliphatic heterocycles. The van der Waals surface area contributed by atoms with E-state index in [0.29, 0.717) is 40.6 Å². The predicted molar refractivity (Wildman–Crippen MR) is 155 cm³/mol. The molecule has 2 fully saturated rings. The monoisotopic (exact) mass is 565 g/mol. The van der Waals surface area contributed by atoms with Crippen LogP contribution in [0.4, 0.5) is 4.39 Å². The summed E-state index contributed by atoms with van der Waals surface area (Å²) in [6.07, 6.45) is 4.08. The second-order valence-corrected chi connectivity index (χ2v) is 18.2. The smallest absolute Gasteiger partial charge is 0.261 e. The lowest BCUT2D eigenvalue weighted by atomic mass is 9.98. The van der Waals surface area contributed by atoms with Crippen molar-refractivity contribution in [3.05, 3.63) is 34.1 Å². The summed E-state index contributed by atoms with van der Waals surface area (Å²) in [5.74, 6) is 1.42. The number of fused-ring (bicyclic) bond motifs is 1. The average molecular weight is 566 g/mol. The number of rotatable bonds is 10. The van der Waals surface area contributed by atoms with Crippen molar-refractivity contribution < 1.29 is 18.3 Å². The van der Waals surface area contributed by atoms with Gasteiger partial charge in [0.2, 0.25) is 0 Å². The highest BCUT2D eigenvalue weighted by atomic mass is 32.2. The first kappa shape index (κ1) is 29.5. The molecule has 4 rings (SSSR count). The molecule has 3 heterocycles. The number of thioether (sulfide) groups is 1. The van der Waals surface area contributed by atoms with Crippen LogP contribution in [0.15, 0.2) is 16.9 Å². The van der Waals surface area contributed by atoms with Crippen molar-refractivity contribution in [3.8, 4) is 5.75 Å². The van der Waals surface area contributed by atoms with E-state index in [1.165, 1.54) is 6.07 Å². The molecular formula is C28H44FN3O4SSi. The fraction of sp³-hybridized carbons (Fsp3) is 0.714. The summed E-state index contributed by atoms with van der Waals surface area (Å²) in [6.45, 7) is 17.3. The Labute approximate surface area is 231 Å². The van der Waals surface area contributed by atoms with Gasteiger partial charge in [-0.15, -0.1) is 0 Å². The fourth-order valence-electron chi connectivity index (χ4n) is 4.68. The Balaban J connectivity index is 1.27. The van der Waals surface area contributed by atoms with E-state index in [9.17, 15) is 9.18 Å². The summed E-state index contributed by atoms with van der Waals surface area (Å²) in [7, 11) is -1.71. The van der Waals surface area contributed by atoms with Crippen LogP contribution >= 0.6 is 11.8 Å². The summed E-state index contributed by atoms with van der Waals surface area (Å²) in [5, 5.41) is 0.714. The molecular weight excluding hydrogens is 521 g/mol. The fourth-order valence-corrected chi connectivity index (χ4v) is 6.77. The molecule has 38 heavy (non-hydrogen) atoms. The van der Waals surface area contributed by atoms with Crippen LogP contribution in [0.5, 0.6) is 5.75 Å². The van der Waals surface area contributed by atoms with Gasteiger partial charge in [-0.05, 0) is 62.8 Å². The molecule has 0 aliphatic carbocycles. The largest absolute Gasteiger partial charge is 0.493 e. The van der Waals surface area contributed by atoms with Crippen molar-refractivity contribution in [3.63, 3.8) is 0 Å². The third-order valence-corrected chi connectivity index (χ3v) is 14.2. The van der Waals surface area contributed by atoms with E-state index in [0.717, 1.165) is 65.1 Å². The molecule has 0 saturated carbocycles. The lowest BCUT2D eigenvalue weighted by Crippen LogP contribution is -2.44. The number of H-pyrrole nitrogens is 1. The summed E-state index contributed by atoms with van der Waals surface area (Å²) in [4.78, 5) is 22.4. The molecule has 2 aromatic rings. The third kappa shape index (κ3) is 7.81. The summed E-state index contributed by atoms with van der Waals surface area (Å²) in [6, 6.07) is 3.01.